The van der Waals surface area contributed by atoms with Crippen molar-refractivity contribution in [2.45, 2.75) is 0 Å². The fourth-order valence-corrected chi connectivity index (χ4v) is 2.33. The van der Waals surface area contributed by atoms with Gasteiger partial charge in [-0.05, 0) is 18.2 Å². The molecule has 0 aliphatic rings. The Morgan fingerprint density at radius 1 is 0.941 bits per heavy atom. The van der Waals surface area contributed by atoms with Crippen LogP contribution in [0.25, 0.3) is 32.7 Å². The number of aromatic nitrogens is 3. The largest absolute Gasteiger partial charge is 0.354 e. The van der Waals surface area contributed by atoms with E-state index in [9.17, 15) is 0 Å². The smallest absolute Gasteiger partial charge is 0.116 e. The molecule has 3 heteroatoms. The number of nitrogens with one attached hydrogen (secondary N) is 1. The number of rotatable bonds is 0. The van der Waals surface area contributed by atoms with Crippen LogP contribution in [0.2, 0.25) is 0 Å². The number of aromatic amines is 1. The Morgan fingerprint density at radius 2 is 1.88 bits per heavy atom. The van der Waals surface area contributed by atoms with Gasteiger partial charge in [-0.1, -0.05) is 18.2 Å². The van der Waals surface area contributed by atoms with Crippen LogP contribution >= 0.6 is 0 Å². The summed E-state index contributed by atoms with van der Waals surface area (Å²) in [5.74, 6) is 0. The Morgan fingerprint density at radius 3 is 2.88 bits per heavy atom. The highest BCUT2D eigenvalue weighted by atomic mass is 14.8. The van der Waals surface area contributed by atoms with Crippen LogP contribution in [-0.4, -0.2) is 15.0 Å². The lowest BCUT2D eigenvalue weighted by atomic mass is 10.1. The first-order valence-corrected chi connectivity index (χ1v) is 5.52. The van der Waals surface area contributed by atoms with Crippen LogP contribution in [0.1, 0.15) is 0 Å². The summed E-state index contributed by atoms with van der Waals surface area (Å²) in [4.78, 5) is 11.8. The molecule has 0 spiro atoms. The topological polar surface area (TPSA) is 41.6 Å². The van der Waals surface area contributed by atoms with E-state index in [0.29, 0.717) is 0 Å². The van der Waals surface area contributed by atoms with Crippen LogP contribution in [-0.2, 0) is 0 Å². The van der Waals surface area contributed by atoms with Crippen LogP contribution in [0, 0.1) is 0 Å². The standard InChI is InChI=1S/C14H9N3/c1-2-4-12-10(3-1)11-6-13-9(5-14(11)17-12)7-15-8-16-13/h1-8,17H. The van der Waals surface area contributed by atoms with Gasteiger partial charge in [0.15, 0.2) is 0 Å². The van der Waals surface area contributed by atoms with Gasteiger partial charge in [0.2, 0.25) is 0 Å². The van der Waals surface area contributed by atoms with Crippen LogP contribution in [0.15, 0.2) is 48.9 Å². The van der Waals surface area contributed by atoms with Gasteiger partial charge in [-0.15, -0.1) is 0 Å². The molecule has 2 aromatic carbocycles. The molecule has 0 amide bonds. The Kier molecular flexibility index (Phi) is 1.56. The summed E-state index contributed by atoms with van der Waals surface area (Å²) in [6, 6.07) is 12.5. The van der Waals surface area contributed by atoms with Crippen molar-refractivity contribution in [1.82, 2.24) is 15.0 Å². The van der Waals surface area contributed by atoms with Gasteiger partial charge in [0, 0.05) is 33.4 Å². The quantitative estimate of drug-likeness (QED) is 0.493. The van der Waals surface area contributed by atoms with Gasteiger partial charge in [0.1, 0.15) is 6.33 Å². The zero-order valence-corrected chi connectivity index (χ0v) is 9.01. The second-order valence-electron chi connectivity index (χ2n) is 4.15. The summed E-state index contributed by atoms with van der Waals surface area (Å²) in [6.45, 7) is 0. The number of nitrogens with zero attached hydrogens (tertiary/aromatic N) is 2. The minimum Gasteiger partial charge on any atom is -0.354 e. The third-order valence-corrected chi connectivity index (χ3v) is 3.13. The maximum atomic E-state index is 4.29. The molecule has 4 aromatic rings. The van der Waals surface area contributed by atoms with Gasteiger partial charge in [-0.3, -0.25) is 0 Å². The molecule has 3 nitrogen and oxygen atoms in total. The lowest BCUT2D eigenvalue weighted by molar-refractivity contribution is 1.22. The molecule has 0 atom stereocenters. The van der Waals surface area contributed by atoms with Crippen LogP contribution in [0.3, 0.4) is 0 Å². The van der Waals surface area contributed by atoms with Gasteiger partial charge in [0.25, 0.3) is 0 Å². The monoisotopic (exact) mass is 219 g/mol. The second kappa shape index (κ2) is 3.04. The normalized spacial score (nSPS) is 11.5. The van der Waals surface area contributed by atoms with Gasteiger partial charge < -0.3 is 4.98 Å². The molecule has 0 saturated carbocycles. The molecular weight excluding hydrogens is 210 g/mol. The minimum atomic E-state index is 0.984. The van der Waals surface area contributed by atoms with Crippen molar-refractivity contribution >= 4 is 32.7 Å². The SMILES string of the molecule is c1ccc2c(c1)[nH]c1cc3cncnc3cc12. The van der Waals surface area contributed by atoms with Gasteiger partial charge in [-0.25, -0.2) is 9.97 Å². The average Bonchev–Trinajstić information content (AvgIpc) is 2.73. The summed E-state index contributed by atoms with van der Waals surface area (Å²) in [7, 11) is 0. The number of benzene rings is 2. The number of para-hydroxylation sites is 1. The molecule has 2 aromatic heterocycles. The molecular formula is C14H9N3. The van der Waals surface area contributed by atoms with E-state index in [1.807, 2.05) is 12.3 Å². The maximum absolute atomic E-state index is 4.29. The molecule has 0 fully saturated rings. The highest BCUT2D eigenvalue weighted by molar-refractivity contribution is 6.11. The van der Waals surface area contributed by atoms with Crippen molar-refractivity contribution in [1.29, 1.82) is 0 Å². The number of fused-ring (bicyclic) bond motifs is 4. The fraction of sp³-hybridized carbons (Fsp3) is 0. The van der Waals surface area contributed by atoms with Gasteiger partial charge in [0.05, 0.1) is 5.52 Å². The first-order valence-electron chi connectivity index (χ1n) is 5.52. The van der Waals surface area contributed by atoms with Crippen molar-refractivity contribution in [3.63, 3.8) is 0 Å². The Bertz CT molecular complexity index is 840. The Labute approximate surface area is 97.1 Å². The van der Waals surface area contributed by atoms with Crippen LogP contribution < -0.4 is 0 Å². The van der Waals surface area contributed by atoms with Crippen molar-refractivity contribution in [3.8, 4) is 0 Å². The summed E-state index contributed by atoms with van der Waals surface area (Å²) in [5, 5.41) is 3.52. The van der Waals surface area contributed by atoms with E-state index in [-0.39, 0.29) is 0 Å². The van der Waals surface area contributed by atoms with E-state index >= 15 is 0 Å². The zero-order chi connectivity index (χ0) is 11.2. The number of hydrogen-bond donors (Lipinski definition) is 1. The van der Waals surface area contributed by atoms with E-state index in [2.05, 4.69) is 45.3 Å². The summed E-state index contributed by atoms with van der Waals surface area (Å²) >= 11 is 0. The maximum Gasteiger partial charge on any atom is 0.116 e. The molecule has 1 N–H and O–H groups in total. The van der Waals surface area contributed by atoms with Crippen LogP contribution in [0.4, 0.5) is 0 Å². The molecule has 0 bridgehead atoms. The minimum absolute atomic E-state index is 0.984. The van der Waals surface area contributed by atoms with E-state index < -0.39 is 0 Å². The predicted molar refractivity (Wildman–Crippen MR) is 68.9 cm³/mol. The average molecular weight is 219 g/mol. The lowest BCUT2D eigenvalue weighted by Gasteiger charge is -1.96. The lowest BCUT2D eigenvalue weighted by Crippen LogP contribution is -1.80. The van der Waals surface area contributed by atoms with E-state index in [0.717, 1.165) is 21.9 Å². The molecule has 4 rings (SSSR count). The van der Waals surface area contributed by atoms with E-state index in [1.165, 1.54) is 10.8 Å². The molecule has 0 saturated heterocycles. The molecule has 0 aliphatic heterocycles. The number of hydrogen-bond acceptors (Lipinski definition) is 2. The van der Waals surface area contributed by atoms with Crippen molar-refractivity contribution in [2.75, 3.05) is 0 Å². The molecule has 0 radical (unpaired) electrons. The molecule has 0 aliphatic carbocycles. The first-order chi connectivity index (χ1) is 8.42. The molecule has 80 valence electrons. The van der Waals surface area contributed by atoms with E-state index in [4.69, 9.17) is 0 Å². The van der Waals surface area contributed by atoms with Gasteiger partial charge >= 0.3 is 0 Å². The fourth-order valence-electron chi connectivity index (χ4n) is 2.33. The van der Waals surface area contributed by atoms with Gasteiger partial charge in [-0.2, -0.15) is 0 Å². The Hall–Kier alpha value is -2.42. The van der Waals surface area contributed by atoms with Crippen molar-refractivity contribution in [2.24, 2.45) is 0 Å². The Balaban J connectivity index is 2.28. The summed E-state index contributed by atoms with van der Waals surface area (Å²) in [5.41, 5.74) is 3.27. The third kappa shape index (κ3) is 1.16. The predicted octanol–water partition coefficient (Wildman–Crippen LogP) is 3.26. The molecule has 17 heavy (non-hydrogen) atoms. The highest BCUT2D eigenvalue weighted by Gasteiger charge is 2.05. The van der Waals surface area contributed by atoms with Crippen LogP contribution in [0.5, 0.6) is 0 Å². The second-order valence-corrected chi connectivity index (χ2v) is 4.15. The van der Waals surface area contributed by atoms with E-state index in [1.54, 1.807) is 6.33 Å². The molecule has 2 heterocycles. The number of H-pyrrole nitrogens is 1. The van der Waals surface area contributed by atoms with Crippen molar-refractivity contribution < 1.29 is 0 Å². The third-order valence-electron chi connectivity index (χ3n) is 3.13. The molecule has 0 unspecified atom stereocenters. The zero-order valence-electron chi connectivity index (χ0n) is 9.01. The van der Waals surface area contributed by atoms with Crippen molar-refractivity contribution in [3.05, 3.63) is 48.9 Å². The highest BCUT2D eigenvalue weighted by Crippen LogP contribution is 2.27. The summed E-state index contributed by atoms with van der Waals surface area (Å²) in [6.07, 6.45) is 3.43. The summed E-state index contributed by atoms with van der Waals surface area (Å²) < 4.78 is 0. The first kappa shape index (κ1) is 8.70.